The predicted octanol–water partition coefficient (Wildman–Crippen LogP) is 0.786. The molecule has 1 N–H and O–H groups in total. The first-order valence-electron chi connectivity index (χ1n) is 7.94. The highest BCUT2D eigenvalue weighted by molar-refractivity contribution is 5.87. The van der Waals surface area contributed by atoms with Gasteiger partial charge in [0.25, 0.3) is 0 Å². The molecule has 2 aliphatic rings. The maximum Gasteiger partial charge on any atom is 0.233 e. The average molecular weight is 337 g/mol. The molecule has 2 saturated heterocycles. The lowest BCUT2D eigenvalue weighted by Gasteiger charge is -2.51. The quantitative estimate of drug-likeness (QED) is 0.773. The fourth-order valence-electron chi connectivity index (χ4n) is 3.45. The Labute approximate surface area is 141 Å². The highest BCUT2D eigenvalue weighted by atomic mass is 16.7. The summed E-state index contributed by atoms with van der Waals surface area (Å²) in [6.07, 6.45) is 0. The lowest BCUT2D eigenvalue weighted by atomic mass is 9.81. The van der Waals surface area contributed by atoms with Gasteiger partial charge in [-0.25, -0.2) is 0 Å². The van der Waals surface area contributed by atoms with Crippen molar-refractivity contribution in [2.45, 2.75) is 25.3 Å². The molecule has 7 heteroatoms. The molecule has 2 unspecified atom stereocenters. The lowest BCUT2D eigenvalue weighted by molar-refractivity contribution is -0.232. The van der Waals surface area contributed by atoms with E-state index in [1.54, 1.807) is 32.1 Å². The zero-order valence-corrected chi connectivity index (χ0v) is 14.2. The van der Waals surface area contributed by atoms with Gasteiger partial charge in [-0.15, -0.1) is 0 Å². The molecule has 0 radical (unpaired) electrons. The number of nitrogens with zero attached hydrogens (tertiary/aromatic N) is 1. The number of hydrogen-bond donors (Lipinski definition) is 1. The van der Waals surface area contributed by atoms with E-state index in [2.05, 4.69) is 0 Å². The van der Waals surface area contributed by atoms with E-state index in [1.165, 1.54) is 0 Å². The first-order valence-corrected chi connectivity index (χ1v) is 7.94. The van der Waals surface area contributed by atoms with Gasteiger partial charge in [0, 0.05) is 18.2 Å². The molecule has 1 aromatic carbocycles. The Balaban J connectivity index is 1.78. The van der Waals surface area contributed by atoms with Crippen molar-refractivity contribution in [1.29, 1.82) is 0 Å². The number of aliphatic hydroxyl groups is 1. The molecule has 2 fully saturated rings. The minimum Gasteiger partial charge on any atom is -0.497 e. The van der Waals surface area contributed by atoms with Crippen LogP contribution in [0.2, 0.25) is 0 Å². The van der Waals surface area contributed by atoms with Gasteiger partial charge in [0.15, 0.2) is 5.79 Å². The normalized spacial score (nSPS) is 25.5. The number of methoxy groups -OCH3 is 2. The largest absolute Gasteiger partial charge is 0.497 e. The standard InChI is InChI=1S/C17H23NO6/c1-17(23-6-7-24-17)15-13(10-19)18(16(15)20)9-11-4-5-12(21-2)8-14(11)22-3/h4-5,8,13,15,19H,6-7,9-10H2,1-3H3. The second-order valence-electron chi connectivity index (χ2n) is 6.08. The number of likely N-dealkylation sites (tertiary alicyclic amines) is 1. The number of amides is 1. The fraction of sp³-hybridized carbons (Fsp3) is 0.588. The topological polar surface area (TPSA) is 77.5 Å². The van der Waals surface area contributed by atoms with Crippen LogP contribution in [0.15, 0.2) is 18.2 Å². The molecular formula is C17H23NO6. The molecule has 0 spiro atoms. The van der Waals surface area contributed by atoms with Gasteiger partial charge in [0.1, 0.15) is 17.4 Å². The summed E-state index contributed by atoms with van der Waals surface area (Å²) in [5.41, 5.74) is 0.849. The number of ether oxygens (including phenoxy) is 4. The number of hydrogen-bond acceptors (Lipinski definition) is 6. The van der Waals surface area contributed by atoms with Gasteiger partial charge in [-0.1, -0.05) is 0 Å². The van der Waals surface area contributed by atoms with Crippen LogP contribution in [0.1, 0.15) is 12.5 Å². The molecule has 2 atom stereocenters. The molecule has 0 bridgehead atoms. The van der Waals surface area contributed by atoms with E-state index in [9.17, 15) is 9.90 Å². The molecule has 1 aromatic rings. The minimum atomic E-state index is -0.953. The van der Waals surface area contributed by atoms with Crippen molar-refractivity contribution in [3.63, 3.8) is 0 Å². The van der Waals surface area contributed by atoms with Crippen molar-refractivity contribution < 1.29 is 28.8 Å². The maximum atomic E-state index is 12.6. The number of aliphatic hydroxyl groups excluding tert-OH is 1. The monoisotopic (exact) mass is 337 g/mol. The second kappa shape index (κ2) is 6.58. The van der Waals surface area contributed by atoms with Crippen LogP contribution < -0.4 is 9.47 Å². The van der Waals surface area contributed by atoms with Crippen LogP contribution in [-0.4, -0.2) is 61.8 Å². The molecule has 0 aliphatic carbocycles. The number of rotatable bonds is 6. The molecule has 7 nitrogen and oxygen atoms in total. The zero-order chi connectivity index (χ0) is 17.3. The SMILES string of the molecule is COc1ccc(CN2C(=O)C(C3(C)OCCO3)C2CO)c(OC)c1. The molecule has 0 saturated carbocycles. The van der Waals surface area contributed by atoms with Crippen LogP contribution in [0, 0.1) is 5.92 Å². The molecule has 1 amide bonds. The zero-order valence-electron chi connectivity index (χ0n) is 14.2. The van der Waals surface area contributed by atoms with Gasteiger partial charge >= 0.3 is 0 Å². The molecule has 2 heterocycles. The summed E-state index contributed by atoms with van der Waals surface area (Å²) in [6.45, 7) is 2.90. The number of carbonyl (C=O) groups is 1. The van der Waals surface area contributed by atoms with Crippen LogP contribution in [0.3, 0.4) is 0 Å². The molecule has 132 valence electrons. The summed E-state index contributed by atoms with van der Waals surface area (Å²) in [5.74, 6) is -0.208. The van der Waals surface area contributed by atoms with Gasteiger partial charge in [-0.3, -0.25) is 4.79 Å². The Hall–Kier alpha value is -1.83. The third-order valence-corrected chi connectivity index (χ3v) is 4.78. The van der Waals surface area contributed by atoms with E-state index in [0.717, 1.165) is 5.56 Å². The summed E-state index contributed by atoms with van der Waals surface area (Å²) < 4.78 is 21.8. The van der Waals surface area contributed by atoms with Crippen molar-refractivity contribution in [3.8, 4) is 11.5 Å². The van der Waals surface area contributed by atoms with Crippen molar-refractivity contribution in [3.05, 3.63) is 23.8 Å². The van der Waals surface area contributed by atoms with E-state index in [1.807, 2.05) is 12.1 Å². The Morgan fingerprint density at radius 1 is 1.29 bits per heavy atom. The second-order valence-corrected chi connectivity index (χ2v) is 6.08. The van der Waals surface area contributed by atoms with Crippen LogP contribution in [0.5, 0.6) is 11.5 Å². The van der Waals surface area contributed by atoms with Gasteiger partial charge in [0.05, 0.1) is 40.1 Å². The van der Waals surface area contributed by atoms with Gasteiger partial charge in [-0.05, 0) is 19.1 Å². The number of carbonyl (C=O) groups excluding carboxylic acids is 1. The third-order valence-electron chi connectivity index (χ3n) is 4.78. The number of β-lactam (4-membered cyclic amide) rings is 1. The number of benzene rings is 1. The molecule has 0 aromatic heterocycles. The van der Waals surface area contributed by atoms with Crippen molar-refractivity contribution >= 4 is 5.91 Å². The molecule has 3 rings (SSSR count). The van der Waals surface area contributed by atoms with Gasteiger partial charge in [-0.2, -0.15) is 0 Å². The first-order chi connectivity index (χ1) is 11.5. The summed E-state index contributed by atoms with van der Waals surface area (Å²) >= 11 is 0. The highest BCUT2D eigenvalue weighted by Gasteiger charge is 2.58. The Morgan fingerprint density at radius 3 is 2.58 bits per heavy atom. The van der Waals surface area contributed by atoms with Crippen LogP contribution in [0.4, 0.5) is 0 Å². The molecular weight excluding hydrogens is 314 g/mol. The van der Waals surface area contributed by atoms with Crippen LogP contribution in [0.25, 0.3) is 0 Å². The Morgan fingerprint density at radius 2 is 2.00 bits per heavy atom. The first kappa shape index (κ1) is 17.0. The summed E-state index contributed by atoms with van der Waals surface area (Å²) in [4.78, 5) is 14.3. The van der Waals surface area contributed by atoms with Crippen molar-refractivity contribution in [1.82, 2.24) is 4.90 Å². The van der Waals surface area contributed by atoms with E-state index in [-0.39, 0.29) is 18.6 Å². The summed E-state index contributed by atoms with van der Waals surface area (Å²) in [5, 5.41) is 9.75. The molecule has 24 heavy (non-hydrogen) atoms. The minimum absolute atomic E-state index is 0.0867. The van der Waals surface area contributed by atoms with Crippen molar-refractivity contribution in [2.75, 3.05) is 34.0 Å². The Bertz CT molecular complexity index is 613. The van der Waals surface area contributed by atoms with E-state index < -0.39 is 11.7 Å². The third kappa shape index (κ3) is 2.72. The smallest absolute Gasteiger partial charge is 0.233 e. The predicted molar refractivity (Wildman–Crippen MR) is 84.8 cm³/mol. The average Bonchev–Trinajstić information content (AvgIpc) is 3.03. The lowest BCUT2D eigenvalue weighted by Crippen LogP contribution is -2.68. The molecule has 2 aliphatic heterocycles. The maximum absolute atomic E-state index is 12.6. The van der Waals surface area contributed by atoms with Crippen LogP contribution >= 0.6 is 0 Å². The van der Waals surface area contributed by atoms with Gasteiger partial charge < -0.3 is 29.0 Å². The van der Waals surface area contributed by atoms with E-state index in [4.69, 9.17) is 18.9 Å². The van der Waals surface area contributed by atoms with E-state index >= 15 is 0 Å². The summed E-state index contributed by atoms with van der Waals surface area (Å²) in [6, 6.07) is 5.11. The van der Waals surface area contributed by atoms with Crippen LogP contribution in [-0.2, 0) is 20.8 Å². The van der Waals surface area contributed by atoms with Crippen molar-refractivity contribution in [2.24, 2.45) is 5.92 Å². The fourth-order valence-corrected chi connectivity index (χ4v) is 3.45. The Kier molecular flexibility index (Phi) is 4.67. The summed E-state index contributed by atoms with van der Waals surface area (Å²) in [7, 11) is 3.16. The van der Waals surface area contributed by atoms with Gasteiger partial charge in [0.2, 0.25) is 5.91 Å². The highest BCUT2D eigenvalue weighted by Crippen LogP contribution is 2.41. The van der Waals surface area contributed by atoms with E-state index in [0.29, 0.717) is 31.3 Å².